The second-order valence-electron chi connectivity index (χ2n) is 7.28. The molecular weight excluding hydrogens is 404 g/mol. The summed E-state index contributed by atoms with van der Waals surface area (Å²) in [6, 6.07) is 19.7. The smallest absolute Gasteiger partial charge is 0.188 e. The van der Waals surface area contributed by atoms with Crippen LogP contribution in [0.25, 0.3) is 11.4 Å². The number of benzene rings is 2. The molecule has 0 bridgehead atoms. The molecule has 0 aliphatic carbocycles. The van der Waals surface area contributed by atoms with Crippen LogP contribution in [-0.2, 0) is 0 Å². The van der Waals surface area contributed by atoms with E-state index in [-0.39, 0.29) is 0 Å². The number of rotatable bonds is 2. The number of fused-ring (bicyclic) bond motifs is 6. The molecule has 152 valence electrons. The van der Waals surface area contributed by atoms with E-state index in [9.17, 15) is 0 Å². The van der Waals surface area contributed by atoms with Crippen molar-refractivity contribution in [3.05, 3.63) is 84.2 Å². The minimum atomic E-state index is 0.631. The van der Waals surface area contributed by atoms with E-state index in [0.717, 1.165) is 22.5 Å². The molecule has 0 amide bonds. The van der Waals surface area contributed by atoms with E-state index in [4.69, 9.17) is 10.2 Å². The van der Waals surface area contributed by atoms with Gasteiger partial charge in [0.1, 0.15) is 12.7 Å². The highest BCUT2D eigenvalue weighted by molar-refractivity contribution is 6.17. The molecule has 0 radical (unpaired) electrons. The summed E-state index contributed by atoms with van der Waals surface area (Å²) < 4.78 is 3.58. The van der Waals surface area contributed by atoms with Crippen molar-refractivity contribution in [2.75, 3.05) is 0 Å². The normalized spacial score (nSPS) is 15.5. The van der Waals surface area contributed by atoms with Crippen LogP contribution in [0, 0.1) is 0 Å². The summed E-state index contributed by atoms with van der Waals surface area (Å²) in [4.78, 5) is 9.20. The van der Waals surface area contributed by atoms with Crippen molar-refractivity contribution in [1.29, 1.82) is 0 Å². The average molecular weight is 418 g/mol. The quantitative estimate of drug-likeness (QED) is 0.500. The number of hydrazone groups is 2. The van der Waals surface area contributed by atoms with Gasteiger partial charge in [0.05, 0.1) is 34.9 Å². The van der Waals surface area contributed by atoms with Crippen molar-refractivity contribution in [3.63, 3.8) is 0 Å². The summed E-state index contributed by atoms with van der Waals surface area (Å²) in [6.45, 7) is 0. The number of aromatic nitrogens is 4. The molecule has 0 unspecified atom stereocenters. The topological polar surface area (TPSA) is 91.6 Å². The summed E-state index contributed by atoms with van der Waals surface area (Å²) in [6.07, 6.45) is 6.82. The highest BCUT2D eigenvalue weighted by Gasteiger charge is 2.34. The number of amidine groups is 2. The van der Waals surface area contributed by atoms with Crippen LogP contribution in [0.3, 0.4) is 0 Å². The highest BCUT2D eigenvalue weighted by atomic mass is 15.6. The molecule has 0 saturated carbocycles. The molecule has 3 aliphatic heterocycles. The zero-order valence-electron chi connectivity index (χ0n) is 16.6. The SMILES string of the molecule is C1=Nc2c(cnn2-c2ccccc2)C2=NN3C=Nc4c(cnn4-c4ccccc4)C3=NN12. The predicted molar refractivity (Wildman–Crippen MR) is 120 cm³/mol. The first kappa shape index (κ1) is 16.9. The van der Waals surface area contributed by atoms with E-state index < -0.39 is 0 Å². The van der Waals surface area contributed by atoms with Crippen molar-refractivity contribution in [1.82, 2.24) is 29.6 Å². The summed E-state index contributed by atoms with van der Waals surface area (Å²) in [7, 11) is 0. The van der Waals surface area contributed by atoms with Gasteiger partial charge in [0, 0.05) is 0 Å². The Labute approximate surface area is 181 Å². The largest absolute Gasteiger partial charge is 0.216 e. The number of para-hydroxylation sites is 2. The first-order valence-electron chi connectivity index (χ1n) is 9.98. The fourth-order valence-electron chi connectivity index (χ4n) is 3.89. The van der Waals surface area contributed by atoms with Gasteiger partial charge in [-0.2, -0.15) is 20.2 Å². The van der Waals surface area contributed by atoms with Gasteiger partial charge in [0.25, 0.3) is 0 Å². The molecule has 0 fully saturated rings. The van der Waals surface area contributed by atoms with Gasteiger partial charge in [-0.25, -0.2) is 19.3 Å². The molecule has 10 nitrogen and oxygen atoms in total. The molecule has 4 aromatic rings. The first-order chi connectivity index (χ1) is 15.9. The van der Waals surface area contributed by atoms with Crippen molar-refractivity contribution >= 4 is 36.0 Å². The van der Waals surface area contributed by atoms with Gasteiger partial charge in [-0.3, -0.25) is 0 Å². The Morgan fingerprint density at radius 1 is 0.531 bits per heavy atom. The van der Waals surface area contributed by atoms with Crippen LogP contribution < -0.4 is 0 Å². The Kier molecular flexibility index (Phi) is 3.33. The average Bonchev–Trinajstić information content (AvgIpc) is 3.49. The van der Waals surface area contributed by atoms with E-state index in [1.807, 2.05) is 60.7 Å². The molecule has 7 rings (SSSR count). The fraction of sp³-hybridized carbons (Fsp3) is 0. The fourth-order valence-corrected chi connectivity index (χ4v) is 3.89. The maximum atomic E-state index is 4.77. The molecule has 0 saturated heterocycles. The summed E-state index contributed by atoms with van der Waals surface area (Å²) in [5, 5.41) is 21.9. The minimum absolute atomic E-state index is 0.631. The lowest BCUT2D eigenvalue weighted by Gasteiger charge is -2.30. The molecular formula is C22H14N10. The Bertz CT molecular complexity index is 1360. The molecule has 3 aliphatic rings. The number of hydrogen-bond acceptors (Lipinski definition) is 8. The van der Waals surface area contributed by atoms with Gasteiger partial charge in [-0.05, 0) is 24.3 Å². The Hall–Kier alpha value is -4.86. The number of aliphatic imine (C=N–C) groups is 2. The third-order valence-electron chi connectivity index (χ3n) is 5.39. The van der Waals surface area contributed by atoms with E-state index >= 15 is 0 Å². The lowest BCUT2D eigenvalue weighted by Crippen LogP contribution is -2.41. The highest BCUT2D eigenvalue weighted by Crippen LogP contribution is 2.33. The third kappa shape index (κ3) is 2.34. The molecule has 0 spiro atoms. The molecule has 0 atom stereocenters. The number of nitrogens with zero attached hydrogens (tertiary/aromatic N) is 10. The zero-order valence-corrected chi connectivity index (χ0v) is 16.6. The van der Waals surface area contributed by atoms with Gasteiger partial charge in [-0.15, -0.1) is 10.2 Å². The van der Waals surface area contributed by atoms with Crippen molar-refractivity contribution < 1.29 is 0 Å². The van der Waals surface area contributed by atoms with Gasteiger partial charge >= 0.3 is 0 Å². The summed E-state index contributed by atoms with van der Waals surface area (Å²) in [5.41, 5.74) is 3.44. The Morgan fingerprint density at radius 2 is 0.969 bits per heavy atom. The molecule has 2 aromatic carbocycles. The molecule has 2 aromatic heterocycles. The van der Waals surface area contributed by atoms with Gasteiger partial charge in [-0.1, -0.05) is 36.4 Å². The summed E-state index contributed by atoms with van der Waals surface area (Å²) >= 11 is 0. The van der Waals surface area contributed by atoms with Crippen LogP contribution in [-0.4, -0.2) is 53.9 Å². The van der Waals surface area contributed by atoms with Crippen LogP contribution >= 0.6 is 0 Å². The van der Waals surface area contributed by atoms with Crippen LogP contribution in [0.1, 0.15) is 11.1 Å². The summed E-state index contributed by atoms with van der Waals surface area (Å²) in [5.74, 6) is 2.67. The second-order valence-corrected chi connectivity index (χ2v) is 7.28. The molecule has 10 heteroatoms. The molecule has 5 heterocycles. The maximum Gasteiger partial charge on any atom is 0.188 e. The van der Waals surface area contributed by atoms with E-state index in [1.165, 1.54) is 0 Å². The zero-order chi connectivity index (χ0) is 21.1. The van der Waals surface area contributed by atoms with Gasteiger partial charge in [0.15, 0.2) is 23.3 Å². The lowest BCUT2D eigenvalue weighted by atomic mass is 10.2. The van der Waals surface area contributed by atoms with Crippen LogP contribution in [0.5, 0.6) is 0 Å². The van der Waals surface area contributed by atoms with Crippen LogP contribution in [0.2, 0.25) is 0 Å². The van der Waals surface area contributed by atoms with E-state index in [1.54, 1.807) is 44.5 Å². The van der Waals surface area contributed by atoms with Gasteiger partial charge < -0.3 is 0 Å². The van der Waals surface area contributed by atoms with Crippen LogP contribution in [0.15, 0.2) is 93.2 Å². The first-order valence-corrected chi connectivity index (χ1v) is 9.98. The predicted octanol–water partition coefficient (Wildman–Crippen LogP) is 3.05. The van der Waals surface area contributed by atoms with Crippen LogP contribution in [0.4, 0.5) is 11.6 Å². The van der Waals surface area contributed by atoms with Gasteiger partial charge in [0.2, 0.25) is 0 Å². The van der Waals surface area contributed by atoms with E-state index in [2.05, 4.69) is 20.2 Å². The Balaban J connectivity index is 1.30. The Morgan fingerprint density at radius 3 is 1.41 bits per heavy atom. The van der Waals surface area contributed by atoms with E-state index in [0.29, 0.717) is 23.3 Å². The minimum Gasteiger partial charge on any atom is -0.216 e. The third-order valence-corrected chi connectivity index (χ3v) is 5.39. The standard InChI is InChI=1S/C22H14N10/c1-3-7-15(8-4-1)31-19-17(11-25-31)21-27-30-14-24-20-18(22(30)28-29(21)13-23-19)12-26-32(20)16-9-5-2-6-10-16/h1-14H. The second kappa shape index (κ2) is 6.32. The van der Waals surface area contributed by atoms with Crippen molar-refractivity contribution in [2.24, 2.45) is 20.2 Å². The van der Waals surface area contributed by atoms with Crippen molar-refractivity contribution in [3.8, 4) is 11.4 Å². The lowest BCUT2D eigenvalue weighted by molar-refractivity contribution is 0.553. The van der Waals surface area contributed by atoms with Crippen molar-refractivity contribution in [2.45, 2.75) is 0 Å². The molecule has 32 heavy (non-hydrogen) atoms. The maximum absolute atomic E-state index is 4.77. The number of hydrogen-bond donors (Lipinski definition) is 0. The monoisotopic (exact) mass is 418 g/mol. The molecule has 0 N–H and O–H groups in total.